The van der Waals surface area contributed by atoms with Crippen molar-refractivity contribution < 1.29 is 23.8 Å². The highest BCUT2D eigenvalue weighted by molar-refractivity contribution is 6.34. The summed E-state index contributed by atoms with van der Waals surface area (Å²) < 4.78 is 15.8. The fraction of sp³-hybridized carbons (Fsp3) is 0.385. The highest BCUT2D eigenvalue weighted by Gasteiger charge is 2.24. The van der Waals surface area contributed by atoms with Crippen LogP contribution >= 0.6 is 0 Å². The van der Waals surface area contributed by atoms with Crippen LogP contribution < -0.4 is 4.74 Å². The van der Waals surface area contributed by atoms with Crippen molar-refractivity contribution in [3.63, 3.8) is 0 Å². The van der Waals surface area contributed by atoms with E-state index in [0.29, 0.717) is 24.5 Å². The second kappa shape index (κ2) is 5.75. The Hall–Kier alpha value is -1.72. The number of hydrogen-bond donors (Lipinski definition) is 0. The monoisotopic (exact) mass is 250 g/mol. The van der Waals surface area contributed by atoms with E-state index in [0.717, 1.165) is 0 Å². The molecule has 1 aromatic rings. The van der Waals surface area contributed by atoms with E-state index in [1.807, 2.05) is 0 Å². The Morgan fingerprint density at radius 2 is 1.94 bits per heavy atom. The predicted molar refractivity (Wildman–Crippen MR) is 62.0 cm³/mol. The molecule has 0 unspecified atom stereocenters. The van der Waals surface area contributed by atoms with Crippen molar-refractivity contribution in [2.75, 3.05) is 13.2 Å². The van der Waals surface area contributed by atoms with Gasteiger partial charge in [0.25, 0.3) is 0 Å². The van der Waals surface area contributed by atoms with Crippen molar-refractivity contribution in [3.05, 3.63) is 29.8 Å². The summed E-state index contributed by atoms with van der Waals surface area (Å²) in [6, 6.07) is 6.87. The number of para-hydroxylation sites is 1. The average Bonchev–Trinajstić information content (AvgIpc) is 2.92. The summed E-state index contributed by atoms with van der Waals surface area (Å²) in [7, 11) is 0. The largest absolute Gasteiger partial charge is 0.420 e. The Balaban J connectivity index is 2.17. The molecule has 0 bridgehead atoms. The molecule has 1 aliphatic rings. The number of rotatable bonds is 4. The van der Waals surface area contributed by atoms with Crippen molar-refractivity contribution in [2.45, 2.75) is 19.6 Å². The van der Waals surface area contributed by atoms with Crippen molar-refractivity contribution in [1.82, 2.24) is 0 Å². The standard InChI is InChI=1S/C13H14O5/c1-2-10(14)12(15)18-11-6-4-3-5-9(11)13-16-7-8-17-13/h3-6,13H,2,7-8H2,1H3. The molecule has 0 N–H and O–H groups in total. The topological polar surface area (TPSA) is 61.8 Å². The minimum atomic E-state index is -0.858. The molecule has 0 aromatic heterocycles. The highest BCUT2D eigenvalue weighted by Crippen LogP contribution is 2.31. The number of ether oxygens (including phenoxy) is 3. The van der Waals surface area contributed by atoms with Gasteiger partial charge in [-0.25, -0.2) is 4.79 Å². The molecular formula is C13H14O5. The first-order valence-electron chi connectivity index (χ1n) is 5.79. The molecule has 1 aromatic carbocycles. The summed E-state index contributed by atoms with van der Waals surface area (Å²) in [4.78, 5) is 22.7. The van der Waals surface area contributed by atoms with Gasteiger partial charge in [-0.05, 0) is 6.07 Å². The van der Waals surface area contributed by atoms with E-state index in [-0.39, 0.29) is 6.42 Å². The molecule has 5 heteroatoms. The molecular weight excluding hydrogens is 236 g/mol. The first-order valence-corrected chi connectivity index (χ1v) is 5.79. The van der Waals surface area contributed by atoms with Gasteiger partial charge in [0.05, 0.1) is 18.8 Å². The van der Waals surface area contributed by atoms with Crippen LogP contribution in [-0.2, 0) is 19.1 Å². The van der Waals surface area contributed by atoms with Crippen molar-refractivity contribution in [2.24, 2.45) is 0 Å². The first kappa shape index (κ1) is 12.7. The normalized spacial score (nSPS) is 15.6. The minimum Gasteiger partial charge on any atom is -0.420 e. The third kappa shape index (κ3) is 2.75. The van der Waals surface area contributed by atoms with Crippen LogP contribution in [0.1, 0.15) is 25.2 Å². The minimum absolute atomic E-state index is 0.122. The van der Waals surface area contributed by atoms with Crippen LogP contribution in [-0.4, -0.2) is 25.0 Å². The molecule has 0 atom stereocenters. The van der Waals surface area contributed by atoms with E-state index in [2.05, 4.69) is 0 Å². The van der Waals surface area contributed by atoms with Crippen LogP contribution in [0.15, 0.2) is 24.3 Å². The number of ketones is 1. The predicted octanol–water partition coefficient (Wildman–Crippen LogP) is 1.62. The summed E-state index contributed by atoms with van der Waals surface area (Å²) in [6.07, 6.45) is -0.414. The van der Waals surface area contributed by atoms with Gasteiger partial charge in [0.2, 0.25) is 5.78 Å². The van der Waals surface area contributed by atoms with Crippen LogP contribution in [0, 0.1) is 0 Å². The second-order valence-corrected chi connectivity index (χ2v) is 3.78. The van der Waals surface area contributed by atoms with Crippen LogP contribution in [0.25, 0.3) is 0 Å². The molecule has 1 saturated heterocycles. The van der Waals surface area contributed by atoms with Crippen molar-refractivity contribution in [3.8, 4) is 5.75 Å². The van der Waals surface area contributed by atoms with Gasteiger partial charge in [-0.3, -0.25) is 4.79 Å². The zero-order valence-corrected chi connectivity index (χ0v) is 10.0. The molecule has 0 spiro atoms. The van der Waals surface area contributed by atoms with Gasteiger partial charge in [0.15, 0.2) is 6.29 Å². The first-order chi connectivity index (χ1) is 8.72. The zero-order valence-electron chi connectivity index (χ0n) is 10.0. The number of esters is 1. The molecule has 18 heavy (non-hydrogen) atoms. The van der Waals surface area contributed by atoms with Crippen LogP contribution in [0.2, 0.25) is 0 Å². The third-order valence-corrected chi connectivity index (χ3v) is 2.55. The fourth-order valence-corrected chi connectivity index (χ4v) is 1.61. The number of carbonyl (C=O) groups is 2. The van der Waals surface area contributed by atoms with E-state index >= 15 is 0 Å². The maximum Gasteiger partial charge on any atom is 0.379 e. The van der Waals surface area contributed by atoms with Gasteiger partial charge in [0, 0.05) is 6.42 Å². The van der Waals surface area contributed by atoms with E-state index < -0.39 is 18.0 Å². The molecule has 0 aliphatic carbocycles. The summed E-state index contributed by atoms with van der Waals surface area (Å²) in [5, 5.41) is 0. The van der Waals surface area contributed by atoms with E-state index in [4.69, 9.17) is 14.2 Å². The smallest absolute Gasteiger partial charge is 0.379 e. The van der Waals surface area contributed by atoms with Crippen molar-refractivity contribution >= 4 is 11.8 Å². The quantitative estimate of drug-likeness (QED) is 0.461. The summed E-state index contributed by atoms with van der Waals surface area (Å²) in [5.74, 6) is -1.11. The van der Waals surface area contributed by atoms with Crippen molar-refractivity contribution in [1.29, 1.82) is 0 Å². The summed E-state index contributed by atoms with van der Waals surface area (Å²) >= 11 is 0. The van der Waals surface area contributed by atoms with Gasteiger partial charge in [0.1, 0.15) is 5.75 Å². The number of Topliss-reactive ketones (excluding diaryl/α,β-unsaturated/α-hetero) is 1. The lowest BCUT2D eigenvalue weighted by Gasteiger charge is -2.13. The molecule has 2 rings (SSSR count). The van der Waals surface area contributed by atoms with Crippen LogP contribution in [0.5, 0.6) is 5.75 Å². The maximum atomic E-state index is 11.5. The molecule has 96 valence electrons. The van der Waals surface area contributed by atoms with Crippen LogP contribution in [0.3, 0.4) is 0 Å². The Labute approximate surface area is 105 Å². The number of benzene rings is 1. The Morgan fingerprint density at radius 1 is 1.28 bits per heavy atom. The second-order valence-electron chi connectivity index (χ2n) is 3.78. The molecule has 1 aliphatic heterocycles. The number of carbonyl (C=O) groups excluding carboxylic acids is 2. The Bertz CT molecular complexity index is 448. The molecule has 5 nitrogen and oxygen atoms in total. The lowest BCUT2D eigenvalue weighted by molar-refractivity contribution is -0.147. The average molecular weight is 250 g/mol. The van der Waals surface area contributed by atoms with Gasteiger partial charge in [-0.1, -0.05) is 25.1 Å². The zero-order chi connectivity index (χ0) is 13.0. The summed E-state index contributed by atoms with van der Waals surface area (Å²) in [6.45, 7) is 2.61. The molecule has 0 radical (unpaired) electrons. The van der Waals surface area contributed by atoms with Gasteiger partial charge >= 0.3 is 5.97 Å². The van der Waals surface area contributed by atoms with Gasteiger partial charge in [-0.2, -0.15) is 0 Å². The highest BCUT2D eigenvalue weighted by atomic mass is 16.7. The molecule has 0 amide bonds. The molecule has 1 fully saturated rings. The Kier molecular flexibility index (Phi) is 4.07. The Morgan fingerprint density at radius 3 is 2.61 bits per heavy atom. The van der Waals surface area contributed by atoms with E-state index in [1.165, 1.54) is 0 Å². The van der Waals surface area contributed by atoms with Gasteiger partial charge in [-0.15, -0.1) is 0 Å². The van der Waals surface area contributed by atoms with E-state index in [9.17, 15) is 9.59 Å². The molecule has 0 saturated carbocycles. The lowest BCUT2D eigenvalue weighted by atomic mass is 10.2. The fourth-order valence-electron chi connectivity index (χ4n) is 1.61. The lowest BCUT2D eigenvalue weighted by Crippen LogP contribution is -2.20. The molecule has 1 heterocycles. The summed E-state index contributed by atoms with van der Waals surface area (Å²) in [5.41, 5.74) is 0.618. The number of hydrogen-bond acceptors (Lipinski definition) is 5. The van der Waals surface area contributed by atoms with Crippen LogP contribution in [0.4, 0.5) is 0 Å². The van der Waals surface area contributed by atoms with Gasteiger partial charge < -0.3 is 14.2 Å². The van der Waals surface area contributed by atoms with E-state index in [1.54, 1.807) is 31.2 Å². The SMILES string of the molecule is CCC(=O)C(=O)Oc1ccccc1C1OCCO1. The third-order valence-electron chi connectivity index (χ3n) is 2.55. The maximum absolute atomic E-state index is 11.5.